The molecule has 2 aliphatic rings. The lowest BCUT2D eigenvalue weighted by Gasteiger charge is -2.41. The summed E-state index contributed by atoms with van der Waals surface area (Å²) in [5.41, 5.74) is 1.02. The molecule has 5 rings (SSSR count). The minimum absolute atomic E-state index is 0.0425. The lowest BCUT2D eigenvalue weighted by Crippen LogP contribution is -2.59. The molecule has 30 heavy (non-hydrogen) atoms. The standard InChI is InChI=1S/C22H19ClN4O3/c23-19-17-15(6-9-24-19)16(12-25-17)18(28)21(30)27-11-10-26(13-22(27)7-8-22)20(29)14-4-2-1-3-5-14/h1-6,9,12,25H,7-8,10-11,13H2. The highest BCUT2D eigenvalue weighted by Gasteiger charge is 2.55. The first-order chi connectivity index (χ1) is 14.5. The van der Waals surface area contributed by atoms with Gasteiger partial charge in [-0.2, -0.15) is 0 Å². The van der Waals surface area contributed by atoms with Crippen LogP contribution in [-0.2, 0) is 4.79 Å². The predicted molar refractivity (Wildman–Crippen MR) is 111 cm³/mol. The molecule has 0 atom stereocenters. The van der Waals surface area contributed by atoms with Gasteiger partial charge in [-0.1, -0.05) is 29.8 Å². The van der Waals surface area contributed by atoms with Crippen LogP contribution < -0.4 is 0 Å². The largest absolute Gasteiger partial charge is 0.358 e. The molecule has 1 aliphatic heterocycles. The van der Waals surface area contributed by atoms with Gasteiger partial charge < -0.3 is 14.8 Å². The monoisotopic (exact) mass is 422 g/mol. The number of aromatic amines is 1. The summed E-state index contributed by atoms with van der Waals surface area (Å²) in [5, 5.41) is 0.835. The molecule has 7 nitrogen and oxygen atoms in total. The van der Waals surface area contributed by atoms with E-state index in [9.17, 15) is 14.4 Å². The van der Waals surface area contributed by atoms with E-state index in [-0.39, 0.29) is 16.6 Å². The van der Waals surface area contributed by atoms with Gasteiger partial charge in [0.1, 0.15) is 0 Å². The van der Waals surface area contributed by atoms with Gasteiger partial charge in [0, 0.05) is 43.0 Å². The summed E-state index contributed by atoms with van der Waals surface area (Å²) < 4.78 is 0. The minimum atomic E-state index is -0.572. The quantitative estimate of drug-likeness (QED) is 0.399. The Morgan fingerprint density at radius 3 is 2.57 bits per heavy atom. The molecular formula is C22H19ClN4O3. The third kappa shape index (κ3) is 2.97. The van der Waals surface area contributed by atoms with Gasteiger partial charge in [-0.3, -0.25) is 14.4 Å². The fourth-order valence-electron chi connectivity index (χ4n) is 4.25. The number of piperazine rings is 1. The smallest absolute Gasteiger partial charge is 0.295 e. The van der Waals surface area contributed by atoms with Crippen molar-refractivity contribution >= 4 is 40.1 Å². The molecule has 0 bridgehead atoms. The van der Waals surface area contributed by atoms with Crippen molar-refractivity contribution in [1.29, 1.82) is 0 Å². The van der Waals surface area contributed by atoms with Crippen molar-refractivity contribution in [2.24, 2.45) is 0 Å². The number of fused-ring (bicyclic) bond motifs is 1. The molecule has 2 fully saturated rings. The summed E-state index contributed by atoms with van der Waals surface area (Å²) in [7, 11) is 0. The van der Waals surface area contributed by atoms with Crippen LogP contribution in [0.1, 0.15) is 33.6 Å². The van der Waals surface area contributed by atoms with Crippen LogP contribution in [0.2, 0.25) is 5.15 Å². The maximum Gasteiger partial charge on any atom is 0.295 e. The minimum Gasteiger partial charge on any atom is -0.358 e. The molecular weight excluding hydrogens is 404 g/mol. The maximum atomic E-state index is 13.1. The van der Waals surface area contributed by atoms with Gasteiger partial charge in [0.15, 0.2) is 5.15 Å². The number of Topliss-reactive ketones (excluding diaryl/α,β-unsaturated/α-hetero) is 1. The Morgan fingerprint density at radius 1 is 1.07 bits per heavy atom. The number of carbonyl (C=O) groups is 3. The number of aromatic nitrogens is 2. The van der Waals surface area contributed by atoms with Crippen molar-refractivity contribution in [2.75, 3.05) is 19.6 Å². The number of rotatable bonds is 3. The molecule has 1 aromatic carbocycles. The lowest BCUT2D eigenvalue weighted by atomic mass is 10.0. The molecule has 0 unspecified atom stereocenters. The van der Waals surface area contributed by atoms with E-state index in [0.29, 0.717) is 36.1 Å². The molecule has 1 spiro atoms. The molecule has 2 aromatic heterocycles. The van der Waals surface area contributed by atoms with E-state index >= 15 is 0 Å². The molecule has 1 saturated carbocycles. The van der Waals surface area contributed by atoms with E-state index in [1.807, 2.05) is 18.2 Å². The second-order valence-corrected chi connectivity index (χ2v) is 8.19. The molecule has 0 radical (unpaired) electrons. The summed E-state index contributed by atoms with van der Waals surface area (Å²) in [6.45, 7) is 1.19. The Kier molecular flexibility index (Phi) is 4.36. The number of ketones is 1. The van der Waals surface area contributed by atoms with Gasteiger partial charge in [0.05, 0.1) is 16.6 Å². The number of hydrogen-bond acceptors (Lipinski definition) is 4. The Hall–Kier alpha value is -3.19. The Balaban J connectivity index is 1.36. The van der Waals surface area contributed by atoms with Gasteiger partial charge in [-0.25, -0.2) is 4.98 Å². The van der Waals surface area contributed by atoms with Gasteiger partial charge in [-0.05, 0) is 31.0 Å². The van der Waals surface area contributed by atoms with E-state index in [1.165, 1.54) is 12.4 Å². The van der Waals surface area contributed by atoms with Gasteiger partial charge in [-0.15, -0.1) is 0 Å². The highest BCUT2D eigenvalue weighted by Crippen LogP contribution is 2.45. The number of carbonyl (C=O) groups excluding carboxylic acids is 3. The number of nitrogens with one attached hydrogen (secondary N) is 1. The van der Waals surface area contributed by atoms with Gasteiger partial charge in [0.25, 0.3) is 17.6 Å². The molecule has 152 valence electrons. The van der Waals surface area contributed by atoms with Crippen molar-refractivity contribution in [3.8, 4) is 0 Å². The van der Waals surface area contributed by atoms with Crippen molar-refractivity contribution in [3.05, 3.63) is 65.1 Å². The van der Waals surface area contributed by atoms with Crippen molar-refractivity contribution in [2.45, 2.75) is 18.4 Å². The predicted octanol–water partition coefficient (Wildman–Crippen LogP) is 2.92. The summed E-state index contributed by atoms with van der Waals surface area (Å²) >= 11 is 6.07. The van der Waals surface area contributed by atoms with Crippen LogP contribution in [0.25, 0.3) is 10.9 Å². The highest BCUT2D eigenvalue weighted by molar-refractivity contribution is 6.45. The zero-order chi connectivity index (χ0) is 20.9. The molecule has 1 saturated heterocycles. The summed E-state index contributed by atoms with van der Waals surface area (Å²) in [6.07, 6.45) is 4.59. The van der Waals surface area contributed by atoms with E-state index in [0.717, 1.165) is 12.8 Å². The molecule has 1 aliphatic carbocycles. The number of hydrogen-bond donors (Lipinski definition) is 1. The molecule has 2 amide bonds. The number of halogens is 1. The van der Waals surface area contributed by atoms with Crippen LogP contribution in [0.15, 0.2) is 48.8 Å². The van der Waals surface area contributed by atoms with Crippen LogP contribution in [0, 0.1) is 0 Å². The first-order valence-electron chi connectivity index (χ1n) is 9.82. The number of benzene rings is 1. The van der Waals surface area contributed by atoms with E-state index < -0.39 is 17.2 Å². The van der Waals surface area contributed by atoms with Crippen LogP contribution in [0.4, 0.5) is 0 Å². The fourth-order valence-corrected chi connectivity index (χ4v) is 4.46. The van der Waals surface area contributed by atoms with Crippen LogP contribution in [-0.4, -0.2) is 62.5 Å². The van der Waals surface area contributed by atoms with E-state index in [2.05, 4.69) is 9.97 Å². The zero-order valence-electron chi connectivity index (χ0n) is 16.1. The fraction of sp³-hybridized carbons (Fsp3) is 0.273. The lowest BCUT2D eigenvalue weighted by molar-refractivity contribution is -0.131. The third-order valence-corrected chi connectivity index (χ3v) is 6.31. The second-order valence-electron chi connectivity index (χ2n) is 7.83. The second kappa shape index (κ2) is 6.95. The number of pyridine rings is 1. The maximum absolute atomic E-state index is 13.1. The third-order valence-electron chi connectivity index (χ3n) is 6.03. The Bertz CT molecular complexity index is 1170. The van der Waals surface area contributed by atoms with Crippen LogP contribution >= 0.6 is 11.6 Å². The highest BCUT2D eigenvalue weighted by atomic mass is 35.5. The van der Waals surface area contributed by atoms with Crippen molar-refractivity contribution in [1.82, 2.24) is 19.8 Å². The summed E-state index contributed by atoms with van der Waals surface area (Å²) in [5.74, 6) is -1.15. The SMILES string of the molecule is O=C(C(=O)N1CCN(C(=O)c2ccccc2)CC12CC2)c1c[nH]c2c(Cl)nccc12. The Labute approximate surface area is 177 Å². The first kappa shape index (κ1) is 18.8. The average Bonchev–Trinajstić information content (AvgIpc) is 3.38. The number of nitrogens with zero attached hydrogens (tertiary/aromatic N) is 3. The van der Waals surface area contributed by atoms with Crippen LogP contribution in [0.5, 0.6) is 0 Å². The average molecular weight is 423 g/mol. The van der Waals surface area contributed by atoms with Crippen molar-refractivity contribution in [3.63, 3.8) is 0 Å². The molecule has 3 heterocycles. The molecule has 3 aromatic rings. The normalized spacial score (nSPS) is 17.4. The van der Waals surface area contributed by atoms with Gasteiger partial charge >= 0.3 is 0 Å². The number of amides is 2. The topological polar surface area (TPSA) is 86.4 Å². The zero-order valence-corrected chi connectivity index (χ0v) is 16.9. The van der Waals surface area contributed by atoms with Crippen LogP contribution in [0.3, 0.4) is 0 Å². The summed E-state index contributed by atoms with van der Waals surface area (Å²) in [4.78, 5) is 49.4. The van der Waals surface area contributed by atoms with Gasteiger partial charge in [0.2, 0.25) is 0 Å². The first-order valence-corrected chi connectivity index (χ1v) is 10.2. The molecule has 1 N–H and O–H groups in total. The van der Waals surface area contributed by atoms with E-state index in [1.54, 1.807) is 28.0 Å². The summed E-state index contributed by atoms with van der Waals surface area (Å²) in [6, 6.07) is 10.8. The van der Waals surface area contributed by atoms with Crippen molar-refractivity contribution < 1.29 is 14.4 Å². The number of H-pyrrole nitrogens is 1. The Morgan fingerprint density at radius 2 is 1.83 bits per heavy atom. The van der Waals surface area contributed by atoms with E-state index in [4.69, 9.17) is 11.6 Å². The molecule has 8 heteroatoms.